The van der Waals surface area contributed by atoms with Crippen molar-refractivity contribution in [2.24, 2.45) is 11.7 Å². The highest BCUT2D eigenvalue weighted by molar-refractivity contribution is 5.66. The fraction of sp³-hybridized carbons (Fsp3) is 0.769. The molecule has 1 heterocycles. The Labute approximate surface area is 108 Å². The number of hydrogen-bond acceptors (Lipinski definition) is 4. The van der Waals surface area contributed by atoms with Gasteiger partial charge in [-0.15, -0.1) is 0 Å². The fourth-order valence-corrected chi connectivity index (χ4v) is 1.99. The lowest BCUT2D eigenvalue weighted by Gasteiger charge is -2.34. The maximum absolute atomic E-state index is 10.3. The van der Waals surface area contributed by atoms with Crippen molar-refractivity contribution in [1.29, 1.82) is 0 Å². The minimum atomic E-state index is -0.741. The van der Waals surface area contributed by atoms with Gasteiger partial charge in [-0.05, 0) is 26.2 Å². The minimum Gasteiger partial charge on any atom is -0.481 e. The smallest absolute Gasteiger partial charge is 0.303 e. The average Bonchev–Trinajstić information content (AvgIpc) is 2.34. The highest BCUT2D eigenvalue weighted by Crippen LogP contribution is 2.21. The third-order valence-corrected chi connectivity index (χ3v) is 3.04. The summed E-state index contributed by atoms with van der Waals surface area (Å²) in [6.45, 7) is 3.05. The van der Waals surface area contributed by atoms with Gasteiger partial charge in [-0.1, -0.05) is 12.2 Å². The first kappa shape index (κ1) is 15.1. The molecule has 104 valence electrons. The summed E-state index contributed by atoms with van der Waals surface area (Å²) < 4.78 is 11.0. The molecule has 0 spiro atoms. The number of hydrogen-bond donors (Lipinski definition) is 2. The van der Waals surface area contributed by atoms with Crippen LogP contribution in [0, 0.1) is 5.92 Å². The lowest BCUT2D eigenvalue weighted by atomic mass is 9.98. The first-order valence-corrected chi connectivity index (χ1v) is 6.47. The molecule has 1 aliphatic rings. The number of carbonyl (C=O) groups is 1. The number of nitrogens with two attached hydrogens (primary N) is 1. The van der Waals surface area contributed by atoms with E-state index in [1.807, 2.05) is 13.0 Å². The van der Waals surface area contributed by atoms with Crippen LogP contribution in [0.15, 0.2) is 12.2 Å². The van der Waals surface area contributed by atoms with Crippen LogP contribution in [0.1, 0.15) is 32.6 Å². The van der Waals surface area contributed by atoms with E-state index in [-0.39, 0.29) is 18.8 Å². The largest absolute Gasteiger partial charge is 0.481 e. The zero-order chi connectivity index (χ0) is 13.4. The second kappa shape index (κ2) is 8.24. The molecular weight excluding hydrogens is 234 g/mol. The summed E-state index contributed by atoms with van der Waals surface area (Å²) in [5, 5.41) is 8.49. The number of ether oxygens (including phenoxy) is 2. The number of allylic oxidation sites excluding steroid dienone is 2. The Bertz CT molecular complexity index is 280. The first-order chi connectivity index (χ1) is 8.63. The van der Waals surface area contributed by atoms with Crippen LogP contribution in [0.2, 0.25) is 0 Å². The summed E-state index contributed by atoms with van der Waals surface area (Å²) in [5.74, 6) is -0.448. The van der Waals surface area contributed by atoms with Crippen molar-refractivity contribution < 1.29 is 19.4 Å². The third kappa shape index (κ3) is 5.62. The third-order valence-electron chi connectivity index (χ3n) is 3.04. The van der Waals surface area contributed by atoms with Crippen LogP contribution in [0.5, 0.6) is 0 Å². The van der Waals surface area contributed by atoms with Crippen LogP contribution in [0.25, 0.3) is 0 Å². The number of unbranched alkanes of at least 4 members (excludes halogenated alkanes) is 1. The molecule has 0 aromatic carbocycles. The summed E-state index contributed by atoms with van der Waals surface area (Å²) in [4.78, 5) is 10.3. The van der Waals surface area contributed by atoms with Gasteiger partial charge in [0.15, 0.2) is 6.29 Å². The van der Waals surface area contributed by atoms with Crippen molar-refractivity contribution in [3.8, 4) is 0 Å². The second-order valence-corrected chi connectivity index (χ2v) is 4.56. The van der Waals surface area contributed by atoms with Gasteiger partial charge in [-0.2, -0.15) is 0 Å². The van der Waals surface area contributed by atoms with Gasteiger partial charge in [0.25, 0.3) is 0 Å². The van der Waals surface area contributed by atoms with E-state index in [1.165, 1.54) is 0 Å². The Hall–Kier alpha value is -0.910. The zero-order valence-electron chi connectivity index (χ0n) is 10.9. The molecule has 0 unspecified atom stereocenters. The molecule has 0 aromatic rings. The topological polar surface area (TPSA) is 81.8 Å². The highest BCUT2D eigenvalue weighted by atomic mass is 16.7. The highest BCUT2D eigenvalue weighted by Gasteiger charge is 2.27. The van der Waals surface area contributed by atoms with Crippen molar-refractivity contribution in [1.82, 2.24) is 0 Å². The van der Waals surface area contributed by atoms with E-state index in [4.69, 9.17) is 20.3 Å². The van der Waals surface area contributed by atoms with Crippen LogP contribution in [-0.2, 0) is 14.3 Å². The molecule has 1 aliphatic heterocycles. The maximum atomic E-state index is 10.3. The molecule has 0 saturated carbocycles. The number of aliphatic carboxylic acids is 1. The Morgan fingerprint density at radius 3 is 2.94 bits per heavy atom. The number of carboxylic acid groups (broad SMARTS) is 1. The van der Waals surface area contributed by atoms with Gasteiger partial charge in [-0.3, -0.25) is 4.79 Å². The van der Waals surface area contributed by atoms with E-state index < -0.39 is 5.97 Å². The summed E-state index contributed by atoms with van der Waals surface area (Å²) >= 11 is 0. The Morgan fingerprint density at radius 2 is 2.28 bits per heavy atom. The van der Waals surface area contributed by atoms with Gasteiger partial charge in [0.05, 0.1) is 12.7 Å². The summed E-state index contributed by atoms with van der Waals surface area (Å²) in [6, 6.07) is 0. The summed E-state index contributed by atoms with van der Waals surface area (Å²) in [5.41, 5.74) is 5.67. The fourth-order valence-electron chi connectivity index (χ4n) is 1.99. The first-order valence-electron chi connectivity index (χ1n) is 6.47. The van der Waals surface area contributed by atoms with Crippen LogP contribution in [-0.4, -0.2) is 36.6 Å². The lowest BCUT2D eigenvalue weighted by molar-refractivity contribution is -0.223. The predicted octanol–water partition coefficient (Wildman–Crippen LogP) is 1.52. The molecule has 1 fully saturated rings. The number of carboxylic acids is 1. The van der Waals surface area contributed by atoms with Gasteiger partial charge in [0.2, 0.25) is 0 Å². The SMILES string of the molecule is C[C@@H]1OC[C@H](C/C=C\CCCC(=O)O)[C@H](CN)O1. The standard InChI is InChI=1S/C13H23NO4/c1-10-17-9-11(12(8-14)18-10)6-4-2-3-5-7-13(15)16/h2,4,10-12H,3,5-9,14H2,1H3,(H,15,16)/b4-2-/t10-,11+,12+/m1/s1. The van der Waals surface area contributed by atoms with Crippen molar-refractivity contribution in [2.45, 2.75) is 45.0 Å². The zero-order valence-corrected chi connectivity index (χ0v) is 10.9. The normalized spacial score (nSPS) is 28.7. The van der Waals surface area contributed by atoms with Crippen LogP contribution < -0.4 is 5.73 Å². The average molecular weight is 257 g/mol. The van der Waals surface area contributed by atoms with Crippen LogP contribution >= 0.6 is 0 Å². The molecule has 5 heteroatoms. The van der Waals surface area contributed by atoms with Gasteiger partial charge < -0.3 is 20.3 Å². The Morgan fingerprint density at radius 1 is 1.50 bits per heavy atom. The summed E-state index contributed by atoms with van der Waals surface area (Å²) in [6.07, 6.45) is 6.54. The van der Waals surface area contributed by atoms with E-state index in [0.29, 0.717) is 25.5 Å². The van der Waals surface area contributed by atoms with Gasteiger partial charge >= 0.3 is 5.97 Å². The number of rotatable bonds is 7. The minimum absolute atomic E-state index is 0.0532. The van der Waals surface area contributed by atoms with Crippen molar-refractivity contribution in [2.75, 3.05) is 13.2 Å². The van der Waals surface area contributed by atoms with Crippen LogP contribution in [0.4, 0.5) is 0 Å². The quantitative estimate of drug-likeness (QED) is 0.534. The Kier molecular flexibility index (Phi) is 6.93. The lowest BCUT2D eigenvalue weighted by Crippen LogP contribution is -2.42. The molecule has 18 heavy (non-hydrogen) atoms. The predicted molar refractivity (Wildman–Crippen MR) is 68.1 cm³/mol. The molecule has 0 bridgehead atoms. The molecule has 0 radical (unpaired) electrons. The van der Waals surface area contributed by atoms with Crippen molar-refractivity contribution in [3.63, 3.8) is 0 Å². The van der Waals surface area contributed by atoms with E-state index in [1.54, 1.807) is 0 Å². The van der Waals surface area contributed by atoms with Gasteiger partial charge in [0, 0.05) is 18.9 Å². The molecule has 3 atom stereocenters. The van der Waals surface area contributed by atoms with E-state index in [9.17, 15) is 4.79 Å². The molecule has 0 aliphatic carbocycles. The van der Waals surface area contributed by atoms with E-state index in [0.717, 1.165) is 12.8 Å². The maximum Gasteiger partial charge on any atom is 0.303 e. The van der Waals surface area contributed by atoms with Gasteiger partial charge in [-0.25, -0.2) is 0 Å². The van der Waals surface area contributed by atoms with Crippen LogP contribution in [0.3, 0.4) is 0 Å². The molecule has 1 rings (SSSR count). The van der Waals surface area contributed by atoms with E-state index in [2.05, 4.69) is 6.08 Å². The van der Waals surface area contributed by atoms with E-state index >= 15 is 0 Å². The van der Waals surface area contributed by atoms with Crippen molar-refractivity contribution >= 4 is 5.97 Å². The monoisotopic (exact) mass is 257 g/mol. The Balaban J connectivity index is 2.20. The molecule has 5 nitrogen and oxygen atoms in total. The molecule has 0 aromatic heterocycles. The molecule has 3 N–H and O–H groups in total. The molecular formula is C13H23NO4. The molecule has 0 amide bonds. The molecule has 1 saturated heterocycles. The second-order valence-electron chi connectivity index (χ2n) is 4.56. The van der Waals surface area contributed by atoms with Crippen molar-refractivity contribution in [3.05, 3.63) is 12.2 Å². The van der Waals surface area contributed by atoms with Gasteiger partial charge in [0.1, 0.15) is 0 Å². The summed E-state index contributed by atoms with van der Waals surface area (Å²) in [7, 11) is 0.